The third-order valence-corrected chi connectivity index (χ3v) is 5.50. The van der Waals surface area contributed by atoms with E-state index in [4.69, 9.17) is 0 Å². The molecule has 3 unspecified atom stereocenters. The van der Waals surface area contributed by atoms with Crippen molar-refractivity contribution >= 4 is 11.8 Å². The van der Waals surface area contributed by atoms with Gasteiger partial charge in [-0.25, -0.2) is 0 Å². The summed E-state index contributed by atoms with van der Waals surface area (Å²) in [5.74, 6) is 1.94. The summed E-state index contributed by atoms with van der Waals surface area (Å²) in [4.78, 5) is 0. The normalized spacial score (nSPS) is 26.9. The van der Waals surface area contributed by atoms with Gasteiger partial charge in [-0.2, -0.15) is 11.8 Å². The first-order valence-electron chi connectivity index (χ1n) is 7.29. The Hall–Kier alpha value is -1.25. The standard InChI is InChI=1S/C18H21NS/c1-14-12-19-17(15-8-4-2-5-9-15)18(20-13-14)16-10-6-3-7-11-16/h2-11,14,17-19H,12-13H2,1H3. The van der Waals surface area contributed by atoms with Gasteiger partial charge >= 0.3 is 0 Å². The summed E-state index contributed by atoms with van der Waals surface area (Å²) in [7, 11) is 0. The number of hydrogen-bond acceptors (Lipinski definition) is 2. The smallest absolute Gasteiger partial charge is 0.0492 e. The van der Waals surface area contributed by atoms with Gasteiger partial charge in [0.25, 0.3) is 0 Å². The van der Waals surface area contributed by atoms with Gasteiger partial charge in [-0.1, -0.05) is 67.6 Å². The Morgan fingerprint density at radius 3 is 2.15 bits per heavy atom. The van der Waals surface area contributed by atoms with E-state index in [1.54, 1.807) is 0 Å². The lowest BCUT2D eigenvalue weighted by molar-refractivity contribution is 0.486. The molecule has 2 heteroatoms. The molecule has 0 aromatic heterocycles. The summed E-state index contributed by atoms with van der Waals surface area (Å²) in [6, 6.07) is 22.1. The van der Waals surface area contributed by atoms with Gasteiger partial charge in [0.15, 0.2) is 0 Å². The minimum atomic E-state index is 0.397. The Morgan fingerprint density at radius 2 is 1.50 bits per heavy atom. The second-order valence-electron chi connectivity index (χ2n) is 5.57. The van der Waals surface area contributed by atoms with Crippen LogP contribution in [0, 0.1) is 5.92 Å². The van der Waals surface area contributed by atoms with Gasteiger partial charge in [0, 0.05) is 11.3 Å². The van der Waals surface area contributed by atoms with Gasteiger partial charge in [-0.15, -0.1) is 0 Å². The highest BCUT2D eigenvalue weighted by atomic mass is 32.2. The summed E-state index contributed by atoms with van der Waals surface area (Å²) in [5, 5.41) is 4.26. The van der Waals surface area contributed by atoms with E-state index in [-0.39, 0.29) is 0 Å². The first-order chi connectivity index (χ1) is 9.84. The van der Waals surface area contributed by atoms with Crippen molar-refractivity contribution < 1.29 is 0 Å². The van der Waals surface area contributed by atoms with Crippen LogP contribution in [-0.4, -0.2) is 12.3 Å². The number of thioether (sulfide) groups is 1. The zero-order valence-electron chi connectivity index (χ0n) is 11.8. The molecule has 3 atom stereocenters. The highest BCUT2D eigenvalue weighted by Crippen LogP contribution is 2.42. The Balaban J connectivity index is 1.94. The number of hydrogen-bond donors (Lipinski definition) is 1. The van der Waals surface area contributed by atoms with Crippen LogP contribution < -0.4 is 5.32 Å². The van der Waals surface area contributed by atoms with Crippen molar-refractivity contribution in [3.05, 3.63) is 71.8 Å². The third-order valence-electron chi connectivity index (χ3n) is 3.84. The Bertz CT molecular complexity index is 476. The molecule has 1 fully saturated rings. The molecule has 0 saturated carbocycles. The van der Waals surface area contributed by atoms with Crippen molar-refractivity contribution in [2.75, 3.05) is 12.3 Å². The second kappa shape index (κ2) is 6.47. The van der Waals surface area contributed by atoms with Crippen molar-refractivity contribution in [3.8, 4) is 0 Å². The highest BCUT2D eigenvalue weighted by Gasteiger charge is 2.28. The summed E-state index contributed by atoms with van der Waals surface area (Å²) in [5.41, 5.74) is 2.82. The van der Waals surface area contributed by atoms with Gasteiger partial charge in [-0.05, 0) is 29.3 Å². The van der Waals surface area contributed by atoms with E-state index >= 15 is 0 Å². The van der Waals surface area contributed by atoms with Crippen LogP contribution in [0.25, 0.3) is 0 Å². The average Bonchev–Trinajstić information content (AvgIpc) is 2.71. The van der Waals surface area contributed by atoms with E-state index < -0.39 is 0 Å². The second-order valence-corrected chi connectivity index (χ2v) is 6.74. The number of rotatable bonds is 2. The van der Waals surface area contributed by atoms with Crippen molar-refractivity contribution in [3.63, 3.8) is 0 Å². The van der Waals surface area contributed by atoms with E-state index in [2.05, 4.69) is 84.7 Å². The zero-order chi connectivity index (χ0) is 13.8. The molecular formula is C18H21NS. The van der Waals surface area contributed by atoms with E-state index in [0.717, 1.165) is 12.5 Å². The molecule has 20 heavy (non-hydrogen) atoms. The first-order valence-corrected chi connectivity index (χ1v) is 8.34. The molecule has 0 bridgehead atoms. The van der Waals surface area contributed by atoms with Gasteiger partial charge < -0.3 is 5.32 Å². The highest BCUT2D eigenvalue weighted by molar-refractivity contribution is 7.99. The minimum absolute atomic E-state index is 0.397. The molecule has 0 spiro atoms. The molecule has 1 saturated heterocycles. The van der Waals surface area contributed by atoms with E-state index in [0.29, 0.717) is 11.3 Å². The molecule has 1 N–H and O–H groups in total. The van der Waals surface area contributed by atoms with Crippen LogP contribution in [0.4, 0.5) is 0 Å². The van der Waals surface area contributed by atoms with Crippen LogP contribution in [-0.2, 0) is 0 Å². The SMILES string of the molecule is CC1CNC(c2ccccc2)C(c2ccccc2)SC1. The summed E-state index contributed by atoms with van der Waals surface area (Å²) in [6.07, 6.45) is 0. The fraction of sp³-hybridized carbons (Fsp3) is 0.333. The Kier molecular flexibility index (Phi) is 4.44. The van der Waals surface area contributed by atoms with Gasteiger partial charge in [-0.3, -0.25) is 0 Å². The monoisotopic (exact) mass is 283 g/mol. The molecule has 1 aliphatic heterocycles. The molecule has 0 radical (unpaired) electrons. The number of nitrogens with one attached hydrogen (secondary N) is 1. The summed E-state index contributed by atoms with van der Waals surface area (Å²) < 4.78 is 0. The van der Waals surface area contributed by atoms with Crippen molar-refractivity contribution in [1.29, 1.82) is 0 Å². The zero-order valence-corrected chi connectivity index (χ0v) is 12.6. The molecule has 0 aliphatic carbocycles. The lowest BCUT2D eigenvalue weighted by Gasteiger charge is -2.26. The van der Waals surface area contributed by atoms with Crippen molar-refractivity contribution in [2.24, 2.45) is 5.92 Å². The Morgan fingerprint density at radius 1 is 0.900 bits per heavy atom. The van der Waals surface area contributed by atoms with Gasteiger partial charge in [0.05, 0.1) is 0 Å². The third kappa shape index (κ3) is 3.08. The average molecular weight is 283 g/mol. The quantitative estimate of drug-likeness (QED) is 0.874. The van der Waals surface area contributed by atoms with Crippen LogP contribution in [0.15, 0.2) is 60.7 Å². The molecular weight excluding hydrogens is 262 g/mol. The molecule has 2 aromatic rings. The minimum Gasteiger partial charge on any atom is -0.308 e. The fourth-order valence-electron chi connectivity index (χ4n) is 2.74. The summed E-state index contributed by atoms with van der Waals surface area (Å²) in [6.45, 7) is 3.42. The Labute approximate surface area is 125 Å². The van der Waals surface area contributed by atoms with E-state index in [1.807, 2.05) is 0 Å². The van der Waals surface area contributed by atoms with Crippen LogP contribution in [0.5, 0.6) is 0 Å². The van der Waals surface area contributed by atoms with Crippen LogP contribution in [0.1, 0.15) is 29.3 Å². The molecule has 0 amide bonds. The van der Waals surface area contributed by atoms with Crippen molar-refractivity contribution in [1.82, 2.24) is 5.32 Å². The molecule has 1 aliphatic rings. The topological polar surface area (TPSA) is 12.0 Å². The number of benzene rings is 2. The van der Waals surface area contributed by atoms with Crippen LogP contribution >= 0.6 is 11.8 Å². The van der Waals surface area contributed by atoms with Gasteiger partial charge in [0.1, 0.15) is 0 Å². The van der Waals surface area contributed by atoms with Crippen LogP contribution in [0.2, 0.25) is 0 Å². The largest absolute Gasteiger partial charge is 0.308 e. The molecule has 1 nitrogen and oxygen atoms in total. The maximum Gasteiger partial charge on any atom is 0.0492 e. The predicted octanol–water partition coefficient (Wildman–Crippen LogP) is 4.44. The first kappa shape index (κ1) is 13.7. The predicted molar refractivity (Wildman–Crippen MR) is 88.0 cm³/mol. The fourth-order valence-corrected chi connectivity index (χ4v) is 4.19. The lowest BCUT2D eigenvalue weighted by Crippen LogP contribution is -2.27. The summed E-state index contributed by atoms with van der Waals surface area (Å²) >= 11 is 2.09. The maximum absolute atomic E-state index is 3.78. The van der Waals surface area contributed by atoms with Gasteiger partial charge in [0.2, 0.25) is 0 Å². The van der Waals surface area contributed by atoms with Crippen LogP contribution in [0.3, 0.4) is 0 Å². The van der Waals surface area contributed by atoms with Crippen molar-refractivity contribution in [2.45, 2.75) is 18.2 Å². The van der Waals surface area contributed by atoms with E-state index in [9.17, 15) is 0 Å². The maximum atomic E-state index is 3.78. The molecule has 104 valence electrons. The lowest BCUT2D eigenvalue weighted by atomic mass is 9.98. The molecule has 1 heterocycles. The molecule has 3 rings (SSSR count). The van der Waals surface area contributed by atoms with E-state index in [1.165, 1.54) is 16.9 Å². The molecule has 2 aromatic carbocycles.